The number of aromatic nitrogens is 3. The summed E-state index contributed by atoms with van der Waals surface area (Å²) in [4.78, 5) is 11.7. The Hall–Kier alpha value is -2.37. The number of benzene rings is 1. The van der Waals surface area contributed by atoms with Crippen LogP contribution in [0.15, 0.2) is 30.6 Å². The number of esters is 1. The molecule has 0 aliphatic carbocycles. The monoisotopic (exact) mass is 274 g/mol. The summed E-state index contributed by atoms with van der Waals surface area (Å²) in [6.45, 7) is 1.93. The van der Waals surface area contributed by atoms with Gasteiger partial charge in [-0.05, 0) is 18.6 Å². The maximum absolute atomic E-state index is 11.7. The lowest BCUT2D eigenvalue weighted by molar-refractivity contribution is -0.141. The predicted octanol–water partition coefficient (Wildman–Crippen LogP) is 1.85. The Bertz CT molecular complexity index is 594. The van der Waals surface area contributed by atoms with Crippen LogP contribution in [0, 0.1) is 0 Å². The van der Waals surface area contributed by atoms with Crippen molar-refractivity contribution in [1.82, 2.24) is 14.8 Å². The van der Waals surface area contributed by atoms with E-state index in [-0.39, 0.29) is 12.0 Å². The van der Waals surface area contributed by atoms with Gasteiger partial charge in [0.25, 0.3) is 0 Å². The van der Waals surface area contributed by atoms with Gasteiger partial charge in [-0.15, -0.1) is 10.2 Å². The van der Waals surface area contributed by atoms with E-state index in [2.05, 4.69) is 15.5 Å². The zero-order valence-electron chi connectivity index (χ0n) is 11.8. The number of nitrogens with zero attached hydrogens (tertiary/aromatic N) is 3. The van der Waals surface area contributed by atoms with Crippen LogP contribution in [0.3, 0.4) is 0 Å². The second-order valence-corrected chi connectivity index (χ2v) is 4.44. The summed E-state index contributed by atoms with van der Waals surface area (Å²) in [7, 11) is 3.27. The normalized spacial score (nSPS) is 11.9. The lowest BCUT2D eigenvalue weighted by Crippen LogP contribution is -2.30. The third kappa shape index (κ3) is 2.79. The Balaban J connectivity index is 2.33. The highest BCUT2D eigenvalue weighted by Gasteiger charge is 2.19. The van der Waals surface area contributed by atoms with Crippen molar-refractivity contribution < 1.29 is 9.53 Å². The molecule has 0 aliphatic heterocycles. The fraction of sp³-hybridized carbons (Fsp3) is 0.357. The van der Waals surface area contributed by atoms with Crippen molar-refractivity contribution in [2.45, 2.75) is 19.4 Å². The number of carbonyl (C=O) groups is 1. The fourth-order valence-electron chi connectivity index (χ4n) is 1.99. The Morgan fingerprint density at radius 1 is 1.45 bits per heavy atom. The Morgan fingerprint density at radius 3 is 2.80 bits per heavy atom. The first-order valence-electron chi connectivity index (χ1n) is 6.45. The fourth-order valence-corrected chi connectivity index (χ4v) is 1.99. The molecule has 0 aliphatic rings. The molecule has 1 atom stereocenters. The van der Waals surface area contributed by atoms with Crippen LogP contribution in [0.25, 0.3) is 11.4 Å². The molecule has 20 heavy (non-hydrogen) atoms. The molecule has 0 amide bonds. The van der Waals surface area contributed by atoms with Gasteiger partial charge in [0.1, 0.15) is 12.4 Å². The molecular formula is C14H18N4O2. The highest BCUT2D eigenvalue weighted by atomic mass is 16.5. The zero-order valence-corrected chi connectivity index (χ0v) is 11.8. The SMILES string of the molecule is CCC(Nc1ccccc1-c1nncn1C)C(=O)OC. The van der Waals surface area contributed by atoms with Crippen LogP contribution in [-0.2, 0) is 16.6 Å². The summed E-state index contributed by atoms with van der Waals surface area (Å²) in [6.07, 6.45) is 2.28. The minimum Gasteiger partial charge on any atom is -0.467 e. The van der Waals surface area contributed by atoms with Crippen LogP contribution in [0.4, 0.5) is 5.69 Å². The van der Waals surface area contributed by atoms with Crippen molar-refractivity contribution in [3.63, 3.8) is 0 Å². The van der Waals surface area contributed by atoms with E-state index in [0.717, 1.165) is 17.1 Å². The van der Waals surface area contributed by atoms with E-state index in [1.165, 1.54) is 7.11 Å². The van der Waals surface area contributed by atoms with E-state index in [1.807, 2.05) is 42.8 Å². The Labute approximate surface area is 117 Å². The van der Waals surface area contributed by atoms with Crippen LogP contribution in [0.2, 0.25) is 0 Å². The molecule has 2 rings (SSSR count). The molecule has 0 fully saturated rings. The van der Waals surface area contributed by atoms with E-state index in [4.69, 9.17) is 4.74 Å². The molecule has 1 aromatic carbocycles. The van der Waals surface area contributed by atoms with E-state index in [9.17, 15) is 4.79 Å². The summed E-state index contributed by atoms with van der Waals surface area (Å²) < 4.78 is 6.63. The first kappa shape index (κ1) is 14.0. The molecule has 0 saturated heterocycles. The van der Waals surface area contributed by atoms with Crippen LogP contribution < -0.4 is 5.32 Å². The average Bonchev–Trinajstić information content (AvgIpc) is 2.90. The summed E-state index contributed by atoms with van der Waals surface area (Å²) >= 11 is 0. The average molecular weight is 274 g/mol. The second-order valence-electron chi connectivity index (χ2n) is 4.44. The zero-order chi connectivity index (χ0) is 14.5. The molecule has 6 nitrogen and oxygen atoms in total. The molecule has 6 heteroatoms. The minimum absolute atomic E-state index is 0.278. The number of hydrogen-bond acceptors (Lipinski definition) is 5. The van der Waals surface area contributed by atoms with Crippen molar-refractivity contribution >= 4 is 11.7 Å². The van der Waals surface area contributed by atoms with E-state index >= 15 is 0 Å². The molecule has 0 radical (unpaired) electrons. The third-order valence-corrected chi connectivity index (χ3v) is 3.10. The highest BCUT2D eigenvalue weighted by Crippen LogP contribution is 2.26. The standard InChI is InChI=1S/C14H18N4O2/c1-4-11(14(19)20-3)16-12-8-6-5-7-10(12)13-17-15-9-18(13)2/h5-9,11,16H,4H2,1-3H3. The van der Waals surface area contributed by atoms with E-state index < -0.39 is 0 Å². The Morgan fingerprint density at radius 2 is 2.20 bits per heavy atom. The maximum atomic E-state index is 11.7. The molecule has 106 valence electrons. The predicted molar refractivity (Wildman–Crippen MR) is 76.2 cm³/mol. The van der Waals surface area contributed by atoms with E-state index in [0.29, 0.717) is 6.42 Å². The quantitative estimate of drug-likeness (QED) is 0.843. The van der Waals surface area contributed by atoms with Crippen molar-refractivity contribution in [3.05, 3.63) is 30.6 Å². The van der Waals surface area contributed by atoms with Gasteiger partial charge in [0, 0.05) is 18.3 Å². The number of aryl methyl sites for hydroxylation is 1. The summed E-state index contributed by atoms with van der Waals surface area (Å²) in [5.74, 6) is 0.466. The van der Waals surface area contributed by atoms with Gasteiger partial charge in [-0.25, -0.2) is 4.79 Å². The molecule has 0 saturated carbocycles. The molecule has 1 N–H and O–H groups in total. The number of para-hydroxylation sites is 1. The Kier molecular flexibility index (Phi) is 4.34. The van der Waals surface area contributed by atoms with Gasteiger partial charge in [-0.3, -0.25) is 0 Å². The number of hydrogen-bond donors (Lipinski definition) is 1. The summed E-state index contributed by atoms with van der Waals surface area (Å²) in [5.41, 5.74) is 1.73. The number of methoxy groups -OCH3 is 1. The van der Waals surface area contributed by atoms with Crippen molar-refractivity contribution in [2.24, 2.45) is 7.05 Å². The molecule has 0 spiro atoms. The van der Waals surface area contributed by atoms with Gasteiger partial charge in [0.05, 0.1) is 7.11 Å². The first-order chi connectivity index (χ1) is 9.67. The van der Waals surface area contributed by atoms with Crippen molar-refractivity contribution in [2.75, 3.05) is 12.4 Å². The van der Waals surface area contributed by atoms with Gasteiger partial charge < -0.3 is 14.6 Å². The van der Waals surface area contributed by atoms with Crippen molar-refractivity contribution in [1.29, 1.82) is 0 Å². The number of ether oxygens (including phenoxy) is 1. The van der Waals surface area contributed by atoms with Gasteiger partial charge in [-0.2, -0.15) is 0 Å². The van der Waals surface area contributed by atoms with Crippen LogP contribution >= 0.6 is 0 Å². The first-order valence-corrected chi connectivity index (χ1v) is 6.45. The lowest BCUT2D eigenvalue weighted by atomic mass is 10.1. The van der Waals surface area contributed by atoms with Crippen LogP contribution in [0.1, 0.15) is 13.3 Å². The molecule has 1 unspecified atom stereocenters. The number of anilines is 1. The largest absolute Gasteiger partial charge is 0.467 e. The smallest absolute Gasteiger partial charge is 0.328 e. The molecule has 2 aromatic rings. The number of carbonyl (C=O) groups excluding carboxylic acids is 1. The maximum Gasteiger partial charge on any atom is 0.328 e. The van der Waals surface area contributed by atoms with Crippen LogP contribution in [0.5, 0.6) is 0 Å². The summed E-state index contributed by atoms with van der Waals surface area (Å²) in [6, 6.07) is 7.31. The number of rotatable bonds is 5. The molecule has 1 heterocycles. The van der Waals surface area contributed by atoms with Gasteiger partial charge in [0.2, 0.25) is 0 Å². The van der Waals surface area contributed by atoms with Crippen molar-refractivity contribution in [3.8, 4) is 11.4 Å². The molecule has 1 aromatic heterocycles. The van der Waals surface area contributed by atoms with Crippen LogP contribution in [-0.4, -0.2) is 33.9 Å². The minimum atomic E-state index is -0.380. The lowest BCUT2D eigenvalue weighted by Gasteiger charge is -2.18. The number of nitrogens with one attached hydrogen (secondary N) is 1. The molecular weight excluding hydrogens is 256 g/mol. The van der Waals surface area contributed by atoms with Gasteiger partial charge >= 0.3 is 5.97 Å². The van der Waals surface area contributed by atoms with Gasteiger partial charge in [-0.1, -0.05) is 19.1 Å². The molecule has 0 bridgehead atoms. The highest BCUT2D eigenvalue weighted by molar-refractivity contribution is 5.82. The topological polar surface area (TPSA) is 69.0 Å². The second kappa shape index (κ2) is 6.18. The van der Waals surface area contributed by atoms with Gasteiger partial charge in [0.15, 0.2) is 5.82 Å². The summed E-state index contributed by atoms with van der Waals surface area (Å²) in [5, 5.41) is 11.2. The van der Waals surface area contributed by atoms with E-state index in [1.54, 1.807) is 6.33 Å². The third-order valence-electron chi connectivity index (χ3n) is 3.10.